The molecule has 124 valence electrons. The molecule has 0 radical (unpaired) electrons. The van der Waals surface area contributed by atoms with Gasteiger partial charge in [0.1, 0.15) is 0 Å². The Morgan fingerprint density at radius 1 is 1.04 bits per heavy atom. The Kier molecular flexibility index (Phi) is 3.51. The number of aromatic nitrogens is 1. The summed E-state index contributed by atoms with van der Waals surface area (Å²) in [4.78, 5) is 38.6. The fourth-order valence-corrected chi connectivity index (χ4v) is 4.08. The number of pyridine rings is 1. The summed E-state index contributed by atoms with van der Waals surface area (Å²) in [6.45, 7) is 1.74. The molecule has 1 aromatic heterocycles. The van der Waals surface area contributed by atoms with Gasteiger partial charge in [0.15, 0.2) is 11.6 Å². The molecular weight excluding hydrogens is 382 g/mol. The van der Waals surface area contributed by atoms with E-state index in [1.165, 1.54) is 4.57 Å². The van der Waals surface area contributed by atoms with Crippen LogP contribution in [0.5, 0.6) is 0 Å². The Balaban J connectivity index is 2.38. The Morgan fingerprint density at radius 3 is 2.40 bits per heavy atom. The lowest BCUT2D eigenvalue weighted by molar-refractivity contribution is 0.0984. The van der Waals surface area contributed by atoms with Crippen LogP contribution in [-0.4, -0.2) is 16.1 Å². The van der Waals surface area contributed by atoms with Gasteiger partial charge < -0.3 is 4.57 Å². The van der Waals surface area contributed by atoms with Crippen LogP contribution < -0.4 is 5.56 Å². The molecule has 4 rings (SSSR count). The van der Waals surface area contributed by atoms with E-state index < -0.39 is 0 Å². The van der Waals surface area contributed by atoms with Gasteiger partial charge in [-0.05, 0) is 17.7 Å². The molecule has 1 aliphatic carbocycles. The van der Waals surface area contributed by atoms with E-state index in [-0.39, 0.29) is 29.1 Å². The smallest absolute Gasteiger partial charge is 0.262 e. The minimum absolute atomic E-state index is 0.103. The van der Waals surface area contributed by atoms with E-state index in [2.05, 4.69) is 15.9 Å². The molecule has 25 heavy (non-hydrogen) atoms. The summed E-state index contributed by atoms with van der Waals surface area (Å²) in [6.07, 6.45) is 0.229. The van der Waals surface area contributed by atoms with Crippen LogP contribution in [0, 0.1) is 0 Å². The Labute approximate surface area is 152 Å². The maximum Gasteiger partial charge on any atom is 0.262 e. The van der Waals surface area contributed by atoms with Crippen molar-refractivity contribution in [3.05, 3.63) is 67.9 Å². The second kappa shape index (κ2) is 5.49. The summed E-state index contributed by atoms with van der Waals surface area (Å²) in [5.41, 5.74) is 2.74. The average molecular weight is 396 g/mol. The van der Waals surface area contributed by atoms with Gasteiger partial charge in [-0.2, -0.15) is 0 Å². The molecule has 0 N–H and O–H groups in total. The highest BCUT2D eigenvalue weighted by Crippen LogP contribution is 2.42. The van der Waals surface area contributed by atoms with Crippen LogP contribution >= 0.6 is 15.9 Å². The third-order valence-corrected chi connectivity index (χ3v) is 5.44. The Bertz CT molecular complexity index is 1160. The number of hydrogen-bond donors (Lipinski definition) is 0. The first-order chi connectivity index (χ1) is 12.0. The monoisotopic (exact) mass is 395 g/mol. The third-order valence-electron chi connectivity index (χ3n) is 4.78. The van der Waals surface area contributed by atoms with Gasteiger partial charge in [0.25, 0.3) is 5.56 Å². The van der Waals surface area contributed by atoms with Gasteiger partial charge in [0.2, 0.25) is 0 Å². The highest BCUT2D eigenvalue weighted by Gasteiger charge is 2.32. The number of Topliss-reactive ketones (excluding diaryl/α,β-unsaturated/α-hetero) is 1. The summed E-state index contributed by atoms with van der Waals surface area (Å²) in [6, 6.07) is 10.7. The number of hydrogen-bond acceptors (Lipinski definition) is 3. The van der Waals surface area contributed by atoms with Gasteiger partial charge in [-0.1, -0.05) is 47.1 Å². The standard InChI is InChI=1S/C20H14BrNO3/c1-3-14(23)18-15-10-6-4-5-7-11(10)19(24)16-12(21)8-9-13(17(15)16)22(2)20(18)25/h4-9H,3H2,1-2H3. The van der Waals surface area contributed by atoms with Gasteiger partial charge in [-0.3, -0.25) is 14.4 Å². The predicted octanol–water partition coefficient (Wildman–Crippen LogP) is 4.11. The molecule has 0 saturated heterocycles. The molecule has 0 fully saturated rings. The second-order valence-electron chi connectivity index (χ2n) is 6.08. The molecule has 0 saturated carbocycles. The first kappa shape index (κ1) is 16.0. The van der Waals surface area contributed by atoms with Crippen molar-refractivity contribution >= 4 is 38.4 Å². The van der Waals surface area contributed by atoms with Crippen LogP contribution in [0.4, 0.5) is 0 Å². The maximum absolute atomic E-state index is 13.1. The summed E-state index contributed by atoms with van der Waals surface area (Å²) in [7, 11) is 1.64. The summed E-state index contributed by atoms with van der Waals surface area (Å²) in [5, 5.41) is 0.664. The number of halogens is 1. The van der Waals surface area contributed by atoms with Crippen LogP contribution in [-0.2, 0) is 7.05 Å². The number of nitrogens with zero attached hydrogens (tertiary/aromatic N) is 1. The molecule has 0 aliphatic heterocycles. The molecule has 4 nitrogen and oxygen atoms in total. The first-order valence-corrected chi connectivity index (χ1v) is 8.79. The van der Waals surface area contributed by atoms with Crippen molar-refractivity contribution in [2.45, 2.75) is 13.3 Å². The van der Waals surface area contributed by atoms with E-state index in [4.69, 9.17) is 0 Å². The molecule has 5 heteroatoms. The van der Waals surface area contributed by atoms with Gasteiger partial charge in [0, 0.05) is 40.0 Å². The fraction of sp³-hybridized carbons (Fsp3) is 0.150. The van der Waals surface area contributed by atoms with E-state index in [0.717, 1.165) is 0 Å². The molecule has 0 amide bonds. The molecule has 1 heterocycles. The van der Waals surface area contributed by atoms with Gasteiger partial charge in [0.05, 0.1) is 11.1 Å². The molecule has 3 aromatic rings. The van der Waals surface area contributed by atoms with Crippen molar-refractivity contribution in [2.24, 2.45) is 7.05 Å². The quantitative estimate of drug-likeness (QED) is 0.480. The normalized spacial score (nSPS) is 12.4. The van der Waals surface area contributed by atoms with Crippen molar-refractivity contribution < 1.29 is 9.59 Å². The second-order valence-corrected chi connectivity index (χ2v) is 6.94. The van der Waals surface area contributed by atoms with Crippen molar-refractivity contribution in [3.63, 3.8) is 0 Å². The van der Waals surface area contributed by atoms with Gasteiger partial charge >= 0.3 is 0 Å². The maximum atomic E-state index is 13.1. The fourth-order valence-electron chi connectivity index (χ4n) is 3.57. The minimum Gasteiger partial charge on any atom is -0.311 e. The lowest BCUT2D eigenvalue weighted by atomic mass is 9.81. The minimum atomic E-state index is -0.327. The topological polar surface area (TPSA) is 56.1 Å². The SMILES string of the molecule is CCC(=O)c1c2c3c(c(Br)ccc3n(C)c1=O)C(=O)c1ccccc1-2. The van der Waals surface area contributed by atoms with E-state index in [1.807, 2.05) is 6.07 Å². The summed E-state index contributed by atoms with van der Waals surface area (Å²) >= 11 is 3.47. The highest BCUT2D eigenvalue weighted by atomic mass is 79.9. The van der Waals surface area contributed by atoms with Crippen molar-refractivity contribution in [1.82, 2.24) is 4.57 Å². The van der Waals surface area contributed by atoms with E-state index in [9.17, 15) is 14.4 Å². The number of carbonyl (C=O) groups excluding carboxylic acids is 2. The summed E-state index contributed by atoms with van der Waals surface area (Å²) < 4.78 is 2.12. The number of ketones is 2. The zero-order chi connectivity index (χ0) is 17.9. The molecule has 0 spiro atoms. The van der Waals surface area contributed by atoms with Gasteiger partial charge in [-0.25, -0.2) is 0 Å². The first-order valence-electron chi connectivity index (χ1n) is 7.99. The lowest BCUT2D eigenvalue weighted by Gasteiger charge is -2.24. The molecule has 1 aliphatic rings. The molecule has 0 atom stereocenters. The molecule has 0 bridgehead atoms. The highest BCUT2D eigenvalue weighted by molar-refractivity contribution is 9.10. The van der Waals surface area contributed by atoms with Crippen LogP contribution in [0.25, 0.3) is 22.0 Å². The van der Waals surface area contributed by atoms with Crippen molar-refractivity contribution in [1.29, 1.82) is 0 Å². The number of fused-ring (bicyclic) bond motifs is 2. The predicted molar refractivity (Wildman–Crippen MR) is 100 cm³/mol. The zero-order valence-corrected chi connectivity index (χ0v) is 15.3. The number of aryl methyl sites for hydroxylation is 1. The largest absolute Gasteiger partial charge is 0.311 e. The Morgan fingerprint density at radius 2 is 1.72 bits per heavy atom. The van der Waals surface area contributed by atoms with Crippen molar-refractivity contribution in [2.75, 3.05) is 0 Å². The molecule has 2 aromatic carbocycles. The van der Waals surface area contributed by atoms with Crippen molar-refractivity contribution in [3.8, 4) is 11.1 Å². The average Bonchev–Trinajstić information content (AvgIpc) is 2.62. The van der Waals surface area contributed by atoms with Gasteiger partial charge in [-0.15, -0.1) is 0 Å². The lowest BCUT2D eigenvalue weighted by Crippen LogP contribution is -2.28. The summed E-state index contributed by atoms with van der Waals surface area (Å²) in [5.74, 6) is -0.318. The van der Waals surface area contributed by atoms with Crippen LogP contribution in [0.2, 0.25) is 0 Å². The van der Waals surface area contributed by atoms with Crippen LogP contribution in [0.15, 0.2) is 45.7 Å². The van der Waals surface area contributed by atoms with Crippen LogP contribution in [0.3, 0.4) is 0 Å². The zero-order valence-electron chi connectivity index (χ0n) is 13.7. The van der Waals surface area contributed by atoms with E-state index >= 15 is 0 Å². The number of carbonyl (C=O) groups is 2. The number of rotatable bonds is 2. The third kappa shape index (κ3) is 2.02. The molecular formula is C20H14BrNO3. The van der Waals surface area contributed by atoms with E-state index in [1.54, 1.807) is 44.3 Å². The van der Waals surface area contributed by atoms with E-state index in [0.29, 0.717) is 37.6 Å². The number of benzene rings is 2. The van der Waals surface area contributed by atoms with Crippen LogP contribution in [0.1, 0.15) is 39.6 Å². The molecule has 0 unspecified atom stereocenters. The Hall–Kier alpha value is -2.53.